The van der Waals surface area contributed by atoms with Crippen LogP contribution < -0.4 is 0 Å². The molecule has 1 aliphatic heterocycles. The van der Waals surface area contributed by atoms with Crippen molar-refractivity contribution >= 4 is 21.7 Å². The third-order valence-corrected chi connectivity index (χ3v) is 4.71. The number of aliphatic hydroxyl groups excluding tert-OH is 1. The molecule has 3 nitrogen and oxygen atoms in total. The van der Waals surface area contributed by atoms with Crippen molar-refractivity contribution in [3.8, 4) is 0 Å². The van der Waals surface area contributed by atoms with Crippen molar-refractivity contribution in [3.05, 3.63) is 34.3 Å². The Balaban J connectivity index is 2.12. The van der Waals surface area contributed by atoms with Gasteiger partial charge in [0.1, 0.15) is 5.78 Å². The van der Waals surface area contributed by atoms with Gasteiger partial charge >= 0.3 is 0 Å². The number of hydrogen-bond donors (Lipinski definition) is 1. The number of likely N-dealkylation sites (tertiary alicyclic amines) is 1. The quantitative estimate of drug-likeness (QED) is 0.883. The first kappa shape index (κ1) is 16.7. The van der Waals surface area contributed by atoms with Crippen LogP contribution in [0.5, 0.6) is 0 Å². The summed E-state index contributed by atoms with van der Waals surface area (Å²) in [5, 5.41) is 9.61. The Kier molecular flexibility index (Phi) is 5.97. The zero-order valence-corrected chi connectivity index (χ0v) is 14.3. The van der Waals surface area contributed by atoms with E-state index in [2.05, 4.69) is 20.8 Å². The summed E-state index contributed by atoms with van der Waals surface area (Å²) in [5.74, 6) is 0.255. The number of halogens is 1. The van der Waals surface area contributed by atoms with Crippen LogP contribution in [0.25, 0.3) is 0 Å². The number of aliphatic hydroxyl groups is 1. The molecule has 0 aliphatic carbocycles. The van der Waals surface area contributed by atoms with Crippen molar-refractivity contribution in [3.63, 3.8) is 0 Å². The van der Waals surface area contributed by atoms with E-state index in [4.69, 9.17) is 0 Å². The second kappa shape index (κ2) is 7.52. The molecule has 21 heavy (non-hydrogen) atoms. The number of piperidine rings is 1. The molecule has 4 heteroatoms. The molecule has 116 valence electrons. The van der Waals surface area contributed by atoms with Gasteiger partial charge in [-0.2, -0.15) is 0 Å². The van der Waals surface area contributed by atoms with E-state index in [0.717, 1.165) is 42.5 Å². The number of rotatable bonds is 5. The minimum Gasteiger partial charge on any atom is -0.393 e. The molecule has 1 atom stereocenters. The van der Waals surface area contributed by atoms with E-state index in [1.165, 1.54) is 0 Å². The van der Waals surface area contributed by atoms with Gasteiger partial charge in [0.05, 0.1) is 12.0 Å². The van der Waals surface area contributed by atoms with Gasteiger partial charge in [0.2, 0.25) is 0 Å². The van der Waals surface area contributed by atoms with E-state index in [1.807, 2.05) is 38.1 Å². The molecule has 0 spiro atoms. The third kappa shape index (κ3) is 4.63. The number of benzene rings is 1. The van der Waals surface area contributed by atoms with Gasteiger partial charge in [0.15, 0.2) is 0 Å². The van der Waals surface area contributed by atoms with Crippen LogP contribution in [0.1, 0.15) is 38.2 Å². The lowest BCUT2D eigenvalue weighted by molar-refractivity contribution is -0.124. The Morgan fingerprint density at radius 3 is 2.38 bits per heavy atom. The zero-order valence-electron chi connectivity index (χ0n) is 12.8. The van der Waals surface area contributed by atoms with E-state index in [1.54, 1.807) is 0 Å². The van der Waals surface area contributed by atoms with Crippen LogP contribution >= 0.6 is 15.9 Å². The van der Waals surface area contributed by atoms with Crippen molar-refractivity contribution in [1.29, 1.82) is 0 Å². The normalized spacial score (nSPS) is 18.9. The minimum absolute atomic E-state index is 0.0361. The zero-order chi connectivity index (χ0) is 15.4. The fourth-order valence-corrected chi connectivity index (χ4v) is 3.08. The molecule has 0 aromatic heterocycles. The van der Waals surface area contributed by atoms with Crippen LogP contribution in [0.15, 0.2) is 28.7 Å². The summed E-state index contributed by atoms with van der Waals surface area (Å²) in [4.78, 5) is 14.9. The maximum absolute atomic E-state index is 12.6. The van der Waals surface area contributed by atoms with Gasteiger partial charge in [-0.3, -0.25) is 4.79 Å². The molecule has 1 N–H and O–H groups in total. The summed E-state index contributed by atoms with van der Waals surface area (Å²) in [6, 6.07) is 8.06. The van der Waals surface area contributed by atoms with Crippen LogP contribution in [0, 0.1) is 5.92 Å². The number of Topliss-reactive ketones (excluding diaryl/α,β-unsaturated/α-hetero) is 1. The molecule has 1 fully saturated rings. The van der Waals surface area contributed by atoms with Gasteiger partial charge < -0.3 is 10.0 Å². The molecule has 1 heterocycles. The van der Waals surface area contributed by atoms with Crippen molar-refractivity contribution in [2.75, 3.05) is 19.6 Å². The van der Waals surface area contributed by atoms with Crippen LogP contribution in [0.3, 0.4) is 0 Å². The first-order valence-corrected chi connectivity index (χ1v) is 8.46. The lowest BCUT2D eigenvalue weighted by Crippen LogP contribution is -2.40. The molecule has 1 aromatic carbocycles. The van der Waals surface area contributed by atoms with Gasteiger partial charge in [-0.1, -0.05) is 41.9 Å². The second-order valence-corrected chi connectivity index (χ2v) is 7.11. The minimum atomic E-state index is -0.173. The largest absolute Gasteiger partial charge is 0.393 e. The Morgan fingerprint density at radius 2 is 1.86 bits per heavy atom. The topological polar surface area (TPSA) is 40.5 Å². The molecule has 0 saturated carbocycles. The summed E-state index contributed by atoms with van der Waals surface area (Å²) < 4.78 is 1.03. The van der Waals surface area contributed by atoms with Crippen LogP contribution in [0.4, 0.5) is 0 Å². The van der Waals surface area contributed by atoms with Crippen LogP contribution in [0.2, 0.25) is 0 Å². The number of ketones is 1. The highest BCUT2D eigenvalue weighted by atomic mass is 79.9. The fraction of sp³-hybridized carbons (Fsp3) is 0.588. The predicted molar refractivity (Wildman–Crippen MR) is 88.4 cm³/mol. The highest BCUT2D eigenvalue weighted by molar-refractivity contribution is 9.10. The predicted octanol–water partition coefficient (Wildman–Crippen LogP) is 3.21. The number of nitrogens with zero attached hydrogens (tertiary/aromatic N) is 1. The molecule has 1 aliphatic rings. The monoisotopic (exact) mass is 353 g/mol. The Bertz CT molecular complexity index is 464. The van der Waals surface area contributed by atoms with Crippen molar-refractivity contribution in [1.82, 2.24) is 4.90 Å². The molecule has 0 radical (unpaired) electrons. The van der Waals surface area contributed by atoms with Crippen molar-refractivity contribution < 1.29 is 9.90 Å². The smallest absolute Gasteiger partial charge is 0.144 e. The van der Waals surface area contributed by atoms with Gasteiger partial charge in [0.25, 0.3) is 0 Å². The molecular formula is C17H24BrNO2. The van der Waals surface area contributed by atoms with E-state index in [-0.39, 0.29) is 17.9 Å². The standard InChI is InChI=1S/C17H24BrNO2/c1-12(2)17(21)16(13-3-5-14(18)6-4-13)11-19-9-7-15(20)8-10-19/h3-6,12,15-16,20H,7-11H2,1-2H3/t16-/m1/s1. The Hall–Kier alpha value is -0.710. The number of carbonyl (C=O) groups excluding carboxylic acids is 1. The first-order valence-electron chi connectivity index (χ1n) is 7.67. The summed E-state index contributed by atoms with van der Waals surface area (Å²) >= 11 is 3.44. The molecule has 0 unspecified atom stereocenters. The summed E-state index contributed by atoms with van der Waals surface area (Å²) in [7, 11) is 0. The van der Waals surface area contributed by atoms with Gasteiger partial charge in [0, 0.05) is 30.0 Å². The molecular weight excluding hydrogens is 330 g/mol. The maximum atomic E-state index is 12.6. The molecule has 2 rings (SSSR count). The number of hydrogen-bond acceptors (Lipinski definition) is 3. The lowest BCUT2D eigenvalue weighted by Gasteiger charge is -2.32. The average Bonchev–Trinajstić information content (AvgIpc) is 2.47. The van der Waals surface area contributed by atoms with Crippen LogP contribution in [-0.4, -0.2) is 41.5 Å². The summed E-state index contributed by atoms with van der Waals surface area (Å²) in [6.45, 7) is 6.44. The molecule has 1 saturated heterocycles. The first-order chi connectivity index (χ1) is 9.97. The van der Waals surface area contributed by atoms with Gasteiger partial charge in [-0.15, -0.1) is 0 Å². The summed E-state index contributed by atoms with van der Waals surface area (Å²) in [6.07, 6.45) is 1.44. The maximum Gasteiger partial charge on any atom is 0.144 e. The van der Waals surface area contributed by atoms with E-state index in [0.29, 0.717) is 5.78 Å². The van der Waals surface area contributed by atoms with Crippen LogP contribution in [-0.2, 0) is 4.79 Å². The summed E-state index contributed by atoms with van der Waals surface area (Å²) in [5.41, 5.74) is 1.09. The highest BCUT2D eigenvalue weighted by Crippen LogP contribution is 2.25. The fourth-order valence-electron chi connectivity index (χ4n) is 2.82. The van der Waals surface area contributed by atoms with Gasteiger partial charge in [-0.05, 0) is 30.5 Å². The van der Waals surface area contributed by atoms with Crippen molar-refractivity contribution in [2.24, 2.45) is 5.92 Å². The third-order valence-electron chi connectivity index (χ3n) is 4.18. The van der Waals surface area contributed by atoms with Gasteiger partial charge in [-0.25, -0.2) is 0 Å². The average molecular weight is 354 g/mol. The SMILES string of the molecule is CC(C)C(=O)[C@H](CN1CCC(O)CC1)c1ccc(Br)cc1. The Morgan fingerprint density at radius 1 is 1.29 bits per heavy atom. The molecule has 0 bridgehead atoms. The van der Waals surface area contributed by atoms with Crippen molar-refractivity contribution in [2.45, 2.75) is 38.7 Å². The van der Waals surface area contributed by atoms with E-state index in [9.17, 15) is 9.90 Å². The molecule has 0 amide bonds. The van der Waals surface area contributed by atoms with E-state index >= 15 is 0 Å². The highest BCUT2D eigenvalue weighted by Gasteiger charge is 2.27. The Labute approximate surface area is 135 Å². The molecule has 1 aromatic rings. The lowest BCUT2D eigenvalue weighted by atomic mass is 9.88. The second-order valence-electron chi connectivity index (χ2n) is 6.19. The number of carbonyl (C=O) groups is 1. The van der Waals surface area contributed by atoms with E-state index < -0.39 is 0 Å².